The van der Waals surface area contributed by atoms with Crippen LogP contribution in [0.2, 0.25) is 0 Å². The monoisotopic (exact) mass is 440 g/mol. The van der Waals surface area contributed by atoms with Crippen LogP contribution in [0.15, 0.2) is 17.0 Å². The highest BCUT2D eigenvalue weighted by Crippen LogP contribution is 2.40. The van der Waals surface area contributed by atoms with Crippen molar-refractivity contribution >= 4 is 41.6 Å². The van der Waals surface area contributed by atoms with E-state index in [1.165, 1.54) is 17.8 Å². The number of benzene rings is 1. The largest absolute Gasteiger partial charge is 0.513 e. The Hall–Kier alpha value is -2.95. The predicted molar refractivity (Wildman–Crippen MR) is 108 cm³/mol. The molecule has 0 saturated heterocycles. The lowest BCUT2D eigenvalue weighted by Crippen LogP contribution is -2.43. The van der Waals surface area contributed by atoms with E-state index in [1.54, 1.807) is 26.8 Å². The number of esters is 1. The third kappa shape index (κ3) is 6.55. The number of anilines is 1. The van der Waals surface area contributed by atoms with Gasteiger partial charge < -0.3 is 29.6 Å². The third-order valence-corrected chi connectivity index (χ3v) is 4.82. The van der Waals surface area contributed by atoms with Gasteiger partial charge in [0.15, 0.2) is 5.75 Å². The zero-order chi connectivity index (χ0) is 22.1. The number of alkyl carbamates (subject to hydrolysis) is 1. The van der Waals surface area contributed by atoms with E-state index < -0.39 is 24.3 Å². The molecule has 1 aromatic carbocycles. The molecule has 0 bridgehead atoms. The summed E-state index contributed by atoms with van der Waals surface area (Å²) >= 11 is 1.26. The molecule has 1 unspecified atom stereocenters. The molecule has 1 atom stereocenters. The van der Waals surface area contributed by atoms with Crippen LogP contribution in [0, 0.1) is 0 Å². The lowest BCUT2D eigenvalue weighted by Gasteiger charge is -2.22. The van der Waals surface area contributed by atoms with E-state index in [-0.39, 0.29) is 43.7 Å². The Kier molecular flexibility index (Phi) is 8.78. The maximum atomic E-state index is 12.3. The number of amides is 2. The number of carbonyl (C=O) groups is 4. The number of ether oxygens (including phenoxy) is 4. The molecule has 0 fully saturated rings. The van der Waals surface area contributed by atoms with Crippen LogP contribution in [0.4, 0.5) is 15.3 Å². The van der Waals surface area contributed by atoms with E-state index in [2.05, 4.69) is 10.6 Å². The average Bonchev–Trinajstić information content (AvgIpc) is 2.68. The molecule has 1 heterocycles. The second-order valence-corrected chi connectivity index (χ2v) is 6.98. The summed E-state index contributed by atoms with van der Waals surface area (Å²) in [5, 5.41) is 5.15. The van der Waals surface area contributed by atoms with Gasteiger partial charge in [-0.1, -0.05) is 0 Å². The van der Waals surface area contributed by atoms with Gasteiger partial charge in [0, 0.05) is 11.3 Å². The Balaban J connectivity index is 2.33. The highest BCUT2D eigenvalue weighted by molar-refractivity contribution is 8.00. The van der Waals surface area contributed by atoms with Gasteiger partial charge in [0.1, 0.15) is 6.04 Å². The minimum atomic E-state index is -1.01. The Morgan fingerprint density at radius 2 is 1.80 bits per heavy atom. The minimum Gasteiger partial charge on any atom is -0.464 e. The second kappa shape index (κ2) is 11.3. The molecule has 1 aliphatic heterocycles. The summed E-state index contributed by atoms with van der Waals surface area (Å²) in [6.45, 7) is 5.35. The van der Waals surface area contributed by atoms with Crippen molar-refractivity contribution in [3.8, 4) is 5.75 Å². The van der Waals surface area contributed by atoms with Gasteiger partial charge in [-0.15, -0.1) is 11.8 Å². The molecule has 0 radical (unpaired) electrons. The molecule has 10 nitrogen and oxygen atoms in total. The standard InChI is InChI=1S/C19H24N2O8S/c1-4-26-17(23)12(20-18(24)27-5-2)7-11-8-13(29-19(25)28-6-3)16-14(9-11)30-10-15(22)21-16/h8-9,12H,4-7,10H2,1-3H3,(H,20,24)(H,21,22). The minimum absolute atomic E-state index is 0.0542. The van der Waals surface area contributed by atoms with Crippen molar-refractivity contribution in [2.45, 2.75) is 38.1 Å². The van der Waals surface area contributed by atoms with Crippen molar-refractivity contribution in [1.82, 2.24) is 5.32 Å². The van der Waals surface area contributed by atoms with Gasteiger partial charge in [-0.05, 0) is 38.5 Å². The summed E-state index contributed by atoms with van der Waals surface area (Å²) in [4.78, 5) is 48.4. The highest BCUT2D eigenvalue weighted by atomic mass is 32.2. The van der Waals surface area contributed by atoms with Gasteiger partial charge in [0.25, 0.3) is 0 Å². The molecular formula is C19H24N2O8S. The number of hydrogen-bond acceptors (Lipinski definition) is 9. The summed E-state index contributed by atoms with van der Waals surface area (Å²) in [5.41, 5.74) is 0.922. The zero-order valence-corrected chi connectivity index (χ0v) is 17.8. The van der Waals surface area contributed by atoms with Gasteiger partial charge in [0.2, 0.25) is 5.91 Å². The summed E-state index contributed by atoms with van der Waals surface area (Å²) in [7, 11) is 0. The van der Waals surface area contributed by atoms with E-state index in [1.807, 2.05) is 0 Å². The van der Waals surface area contributed by atoms with Gasteiger partial charge in [0.05, 0.1) is 31.3 Å². The highest BCUT2D eigenvalue weighted by Gasteiger charge is 2.27. The summed E-state index contributed by atoms with van der Waals surface area (Å²) in [6, 6.07) is 2.23. The SMILES string of the molecule is CCOC(=O)NC(Cc1cc(OC(=O)OCC)c2c(c1)SCC(=O)N2)C(=O)OCC. The van der Waals surface area contributed by atoms with Crippen molar-refractivity contribution < 1.29 is 38.1 Å². The number of nitrogens with one attached hydrogen (secondary N) is 2. The van der Waals surface area contributed by atoms with Crippen molar-refractivity contribution in [2.24, 2.45) is 0 Å². The summed E-state index contributed by atoms with van der Waals surface area (Å²) < 4.78 is 19.9. The quantitative estimate of drug-likeness (QED) is 0.356. The first kappa shape index (κ1) is 23.3. The fraction of sp³-hybridized carbons (Fsp3) is 0.474. The molecule has 2 amide bonds. The Morgan fingerprint density at radius 1 is 1.10 bits per heavy atom. The maximum absolute atomic E-state index is 12.3. The molecule has 0 aromatic heterocycles. The lowest BCUT2D eigenvalue weighted by molar-refractivity contribution is -0.145. The lowest BCUT2D eigenvalue weighted by atomic mass is 10.0. The topological polar surface area (TPSA) is 129 Å². The van der Waals surface area contributed by atoms with E-state index >= 15 is 0 Å². The first-order valence-corrected chi connectivity index (χ1v) is 10.4. The molecule has 2 rings (SSSR count). The number of fused-ring (bicyclic) bond motifs is 1. The number of hydrogen-bond donors (Lipinski definition) is 2. The maximum Gasteiger partial charge on any atom is 0.513 e. The smallest absolute Gasteiger partial charge is 0.464 e. The van der Waals surface area contributed by atoms with Gasteiger partial charge in [-0.25, -0.2) is 14.4 Å². The fourth-order valence-corrected chi connectivity index (χ4v) is 3.51. The van der Waals surface area contributed by atoms with Crippen LogP contribution >= 0.6 is 11.8 Å². The Labute approximate surface area is 177 Å². The van der Waals surface area contributed by atoms with Gasteiger partial charge >= 0.3 is 18.2 Å². The molecule has 164 valence electrons. The molecule has 11 heteroatoms. The van der Waals surface area contributed by atoms with E-state index in [0.29, 0.717) is 16.1 Å². The van der Waals surface area contributed by atoms with Crippen molar-refractivity contribution in [3.63, 3.8) is 0 Å². The first-order chi connectivity index (χ1) is 14.4. The van der Waals surface area contributed by atoms with E-state index in [4.69, 9.17) is 18.9 Å². The zero-order valence-electron chi connectivity index (χ0n) is 16.9. The summed E-state index contributed by atoms with van der Waals surface area (Å²) in [6.07, 6.45) is -1.62. The van der Waals surface area contributed by atoms with Gasteiger partial charge in [-0.3, -0.25) is 4.79 Å². The molecule has 1 aliphatic rings. The van der Waals surface area contributed by atoms with E-state index in [9.17, 15) is 19.2 Å². The number of thioether (sulfide) groups is 1. The number of carbonyl (C=O) groups excluding carboxylic acids is 4. The summed E-state index contributed by atoms with van der Waals surface area (Å²) in [5.74, 6) is -0.586. The van der Waals surface area contributed by atoms with Crippen LogP contribution in [0.3, 0.4) is 0 Å². The number of rotatable bonds is 8. The van der Waals surface area contributed by atoms with Crippen molar-refractivity contribution in [2.75, 3.05) is 30.9 Å². The molecule has 2 N–H and O–H groups in total. The van der Waals surface area contributed by atoms with Crippen LogP contribution in [0.1, 0.15) is 26.3 Å². The van der Waals surface area contributed by atoms with Crippen LogP contribution in [0.25, 0.3) is 0 Å². The Bertz CT molecular complexity index is 814. The molecule has 0 spiro atoms. The molecule has 1 aromatic rings. The normalized spacial score (nSPS) is 13.4. The van der Waals surface area contributed by atoms with Crippen LogP contribution in [-0.2, 0) is 30.2 Å². The van der Waals surface area contributed by atoms with E-state index in [0.717, 1.165) is 0 Å². The second-order valence-electron chi connectivity index (χ2n) is 5.96. The van der Waals surface area contributed by atoms with Crippen LogP contribution < -0.4 is 15.4 Å². The Morgan fingerprint density at radius 3 is 2.47 bits per heavy atom. The van der Waals surface area contributed by atoms with Crippen LogP contribution in [-0.4, -0.2) is 55.7 Å². The molecule has 0 saturated carbocycles. The van der Waals surface area contributed by atoms with Crippen LogP contribution in [0.5, 0.6) is 5.75 Å². The average molecular weight is 440 g/mol. The van der Waals surface area contributed by atoms with Crippen molar-refractivity contribution in [3.05, 3.63) is 17.7 Å². The first-order valence-electron chi connectivity index (χ1n) is 9.41. The van der Waals surface area contributed by atoms with Crippen molar-refractivity contribution in [1.29, 1.82) is 0 Å². The fourth-order valence-electron chi connectivity index (χ4n) is 2.62. The predicted octanol–water partition coefficient (Wildman–Crippen LogP) is 2.49. The molecule has 0 aliphatic carbocycles. The molecular weight excluding hydrogens is 416 g/mol. The molecule has 30 heavy (non-hydrogen) atoms. The third-order valence-electron chi connectivity index (χ3n) is 3.78. The van der Waals surface area contributed by atoms with Gasteiger partial charge in [-0.2, -0.15) is 0 Å².